The average Bonchev–Trinajstić information content (AvgIpc) is 3.11. The van der Waals surface area contributed by atoms with Crippen molar-refractivity contribution in [2.45, 2.75) is 125 Å². The van der Waals surface area contributed by atoms with Crippen molar-refractivity contribution in [2.75, 3.05) is 19.8 Å². The standard InChI is InChI=1S/C33H33F21N2O4/c1-2-3-4-5-6-7-10-20-17-55-23(56-18-20)21-11-13-22(14-12-21)58-16-9-8-15-57-19-24(34,35)25(36,37)27(40,41)30(47,48)59-32(51,52)33(53,54)60-31(49,50)28(42,43)26(38,39)29(44,45)46/h11-14,17-18H,2-10,15-16,19H2,1H3. The van der Waals surface area contributed by atoms with Crippen LogP contribution in [0.4, 0.5) is 92.2 Å². The van der Waals surface area contributed by atoms with E-state index in [4.69, 9.17) is 4.74 Å². The molecular formula is C33H33F21N2O4. The van der Waals surface area contributed by atoms with E-state index < -0.39 is 73.4 Å². The molecule has 0 saturated carbocycles. The summed E-state index contributed by atoms with van der Waals surface area (Å²) in [6.07, 6.45) is -29.8. The van der Waals surface area contributed by atoms with Gasteiger partial charge in [0.2, 0.25) is 0 Å². The molecule has 2 aromatic rings. The largest absolute Gasteiger partial charge is 0.494 e. The minimum atomic E-state index is -8.30. The molecule has 0 aliphatic rings. The summed E-state index contributed by atoms with van der Waals surface area (Å²) < 4.78 is 293. The SMILES string of the molecule is CCCCCCCCc1cnc(-c2ccc(OCCCCOCC(F)(F)C(F)(F)C(F)(F)C(F)(F)OC(F)(F)C(F)(F)OC(F)(F)C(F)(F)C(F)(F)C(F)(F)F)cc2)nc1. The van der Waals surface area contributed by atoms with Gasteiger partial charge in [-0.2, -0.15) is 92.2 Å². The quantitative estimate of drug-likeness (QED) is 0.0692. The first kappa shape index (κ1) is 52.6. The zero-order valence-corrected chi connectivity index (χ0v) is 30.4. The number of rotatable bonds is 26. The number of halogens is 21. The van der Waals surface area contributed by atoms with Gasteiger partial charge >= 0.3 is 60.2 Å². The van der Waals surface area contributed by atoms with E-state index in [2.05, 4.69) is 21.6 Å². The Morgan fingerprint density at radius 1 is 0.483 bits per heavy atom. The van der Waals surface area contributed by atoms with Gasteiger partial charge in [0.15, 0.2) is 5.82 Å². The Balaban J connectivity index is 1.93. The third-order valence-corrected chi connectivity index (χ3v) is 8.06. The van der Waals surface area contributed by atoms with Gasteiger partial charge in [0.1, 0.15) is 12.4 Å². The summed E-state index contributed by atoms with van der Waals surface area (Å²) in [7, 11) is 0. The Morgan fingerprint density at radius 3 is 1.42 bits per heavy atom. The predicted molar refractivity (Wildman–Crippen MR) is 163 cm³/mol. The average molecular weight is 921 g/mol. The highest BCUT2D eigenvalue weighted by Crippen LogP contribution is 2.58. The van der Waals surface area contributed by atoms with E-state index in [0.717, 1.165) is 37.7 Å². The second-order valence-corrected chi connectivity index (χ2v) is 12.8. The molecular weight excluding hydrogens is 887 g/mol. The summed E-state index contributed by atoms with van der Waals surface area (Å²) in [5.74, 6) is -38.0. The van der Waals surface area contributed by atoms with Crippen LogP contribution in [0.15, 0.2) is 36.7 Å². The molecule has 0 atom stereocenters. The molecule has 1 heterocycles. The molecule has 6 nitrogen and oxygen atoms in total. The molecule has 0 saturated heterocycles. The molecule has 0 fully saturated rings. The topological polar surface area (TPSA) is 62.7 Å². The van der Waals surface area contributed by atoms with E-state index in [1.54, 1.807) is 24.5 Å². The van der Waals surface area contributed by atoms with Crippen molar-refractivity contribution in [1.29, 1.82) is 0 Å². The van der Waals surface area contributed by atoms with E-state index >= 15 is 0 Å². The van der Waals surface area contributed by atoms with Crippen molar-refractivity contribution >= 4 is 0 Å². The first-order valence-electron chi connectivity index (χ1n) is 17.1. The molecule has 1 aromatic heterocycles. The van der Waals surface area contributed by atoms with Crippen molar-refractivity contribution in [1.82, 2.24) is 9.97 Å². The highest BCUT2D eigenvalue weighted by atomic mass is 19.4. The highest BCUT2D eigenvalue weighted by Gasteiger charge is 2.87. The number of nitrogens with zero attached hydrogens (tertiary/aromatic N) is 2. The third-order valence-electron chi connectivity index (χ3n) is 8.06. The lowest BCUT2D eigenvalue weighted by molar-refractivity contribution is -0.557. The van der Waals surface area contributed by atoms with Gasteiger partial charge in [-0.1, -0.05) is 39.0 Å². The molecule has 0 radical (unpaired) electrons. The molecule has 0 aliphatic carbocycles. The number of ether oxygens (including phenoxy) is 4. The predicted octanol–water partition coefficient (Wildman–Crippen LogP) is 12.4. The maximum Gasteiger partial charge on any atom is 0.460 e. The van der Waals surface area contributed by atoms with Gasteiger partial charge in [0.25, 0.3) is 0 Å². The van der Waals surface area contributed by atoms with Gasteiger partial charge in [-0.3, -0.25) is 0 Å². The van der Waals surface area contributed by atoms with Crippen LogP contribution in [0.25, 0.3) is 11.4 Å². The normalized spacial score (nSPS) is 14.5. The fraction of sp³-hybridized carbons (Fsp3) is 0.697. The maximum atomic E-state index is 14.0. The smallest absolute Gasteiger partial charge is 0.460 e. The Labute approximate surface area is 325 Å². The highest BCUT2D eigenvalue weighted by molar-refractivity contribution is 5.55. The molecule has 1 aromatic carbocycles. The number of unbranched alkanes of at least 4 members (excludes halogenated alkanes) is 6. The van der Waals surface area contributed by atoms with E-state index in [9.17, 15) is 92.2 Å². The monoisotopic (exact) mass is 920 g/mol. The first-order valence-corrected chi connectivity index (χ1v) is 17.1. The first-order chi connectivity index (χ1) is 27.1. The Morgan fingerprint density at radius 2 is 0.933 bits per heavy atom. The van der Waals surface area contributed by atoms with Gasteiger partial charge in [0, 0.05) is 24.6 Å². The summed E-state index contributed by atoms with van der Waals surface area (Å²) >= 11 is 0. The fourth-order valence-corrected chi connectivity index (χ4v) is 4.57. The zero-order valence-electron chi connectivity index (χ0n) is 30.4. The van der Waals surface area contributed by atoms with Gasteiger partial charge in [-0.15, -0.1) is 0 Å². The Hall–Kier alpha value is -3.49. The molecule has 0 bridgehead atoms. The zero-order chi connectivity index (χ0) is 46.3. The summed E-state index contributed by atoms with van der Waals surface area (Å²) in [6, 6.07) is 6.14. The van der Waals surface area contributed by atoms with Gasteiger partial charge in [0.05, 0.1) is 6.61 Å². The van der Waals surface area contributed by atoms with Crippen molar-refractivity contribution in [3.8, 4) is 17.1 Å². The number of hydrogen-bond donors (Lipinski definition) is 0. The molecule has 0 N–H and O–H groups in total. The molecule has 0 unspecified atom stereocenters. The van der Waals surface area contributed by atoms with E-state index in [1.165, 1.54) is 34.4 Å². The van der Waals surface area contributed by atoms with Crippen LogP contribution in [0.2, 0.25) is 0 Å². The molecule has 0 amide bonds. The summed E-state index contributed by atoms with van der Waals surface area (Å²) in [6.45, 7) is -2.03. The lowest BCUT2D eigenvalue weighted by Crippen LogP contribution is -2.67. The van der Waals surface area contributed by atoms with Gasteiger partial charge in [-0.25, -0.2) is 19.4 Å². The third kappa shape index (κ3) is 11.9. The fourth-order valence-electron chi connectivity index (χ4n) is 4.57. The molecule has 2 rings (SSSR count). The van der Waals surface area contributed by atoms with E-state index in [-0.39, 0.29) is 25.2 Å². The second kappa shape index (κ2) is 19.3. The van der Waals surface area contributed by atoms with Gasteiger partial charge < -0.3 is 9.47 Å². The second-order valence-electron chi connectivity index (χ2n) is 12.8. The molecule has 60 heavy (non-hydrogen) atoms. The van der Waals surface area contributed by atoms with Crippen molar-refractivity contribution < 1.29 is 111 Å². The minimum absolute atomic E-state index is 0.126. The van der Waals surface area contributed by atoms with E-state index in [0.29, 0.717) is 11.4 Å². The molecule has 27 heteroatoms. The van der Waals surface area contributed by atoms with Crippen molar-refractivity contribution in [3.63, 3.8) is 0 Å². The van der Waals surface area contributed by atoms with Crippen LogP contribution < -0.4 is 4.74 Å². The minimum Gasteiger partial charge on any atom is -0.494 e. The summed E-state index contributed by atoms with van der Waals surface area (Å²) in [4.78, 5) is 8.64. The van der Waals surface area contributed by atoms with Crippen LogP contribution in [0.5, 0.6) is 5.75 Å². The van der Waals surface area contributed by atoms with Crippen LogP contribution in [0.3, 0.4) is 0 Å². The number of alkyl halides is 21. The van der Waals surface area contributed by atoms with Crippen LogP contribution in [-0.2, 0) is 20.6 Å². The van der Waals surface area contributed by atoms with Crippen LogP contribution >= 0.6 is 0 Å². The van der Waals surface area contributed by atoms with Crippen molar-refractivity contribution in [2.24, 2.45) is 0 Å². The summed E-state index contributed by atoms with van der Waals surface area (Å²) in [5.41, 5.74) is 1.55. The number of aryl methyl sites for hydroxylation is 1. The van der Waals surface area contributed by atoms with Crippen LogP contribution in [0.1, 0.15) is 63.9 Å². The maximum absolute atomic E-state index is 14.0. The molecule has 0 spiro atoms. The lowest BCUT2D eigenvalue weighted by atomic mass is 10.0. The Kier molecular flexibility index (Phi) is 16.9. The summed E-state index contributed by atoms with van der Waals surface area (Å²) in [5, 5.41) is 0. The van der Waals surface area contributed by atoms with Crippen LogP contribution in [-0.4, -0.2) is 90.0 Å². The Bertz CT molecular complexity index is 1620. The van der Waals surface area contributed by atoms with E-state index in [1.807, 2.05) is 0 Å². The van der Waals surface area contributed by atoms with Crippen molar-refractivity contribution in [3.05, 3.63) is 42.2 Å². The molecule has 346 valence electrons. The molecule has 0 aliphatic heterocycles. The van der Waals surface area contributed by atoms with Crippen LogP contribution in [0, 0.1) is 0 Å². The number of aromatic nitrogens is 2. The van der Waals surface area contributed by atoms with Gasteiger partial charge in [-0.05, 0) is 55.5 Å². The number of benzene rings is 1. The lowest BCUT2D eigenvalue weighted by Gasteiger charge is -2.39. The number of hydrogen-bond acceptors (Lipinski definition) is 6.